The molecule has 0 fully saturated rings. The minimum Gasteiger partial charge on any atom is -0.478 e. The third kappa shape index (κ3) is 2.62. The Balaban J connectivity index is 3.07. The topological polar surface area (TPSA) is 66.4 Å². The lowest BCUT2D eigenvalue weighted by molar-refractivity contribution is -0.114. The molecule has 1 rings (SSSR count). The van der Waals surface area contributed by atoms with Gasteiger partial charge in [-0.1, -0.05) is 11.5 Å². The SMILES string of the molecule is Bc1cc(NC(C)=O)cc(C(=O)O)c1. The highest BCUT2D eigenvalue weighted by molar-refractivity contribution is 6.33. The molecule has 0 aliphatic rings. The van der Waals surface area contributed by atoms with Gasteiger partial charge in [0, 0.05) is 12.6 Å². The van der Waals surface area contributed by atoms with E-state index < -0.39 is 5.97 Å². The van der Waals surface area contributed by atoms with E-state index in [-0.39, 0.29) is 11.5 Å². The van der Waals surface area contributed by atoms with Crippen LogP contribution in [0.4, 0.5) is 5.69 Å². The van der Waals surface area contributed by atoms with Gasteiger partial charge in [0.25, 0.3) is 0 Å². The van der Waals surface area contributed by atoms with Gasteiger partial charge in [-0.2, -0.15) is 0 Å². The van der Waals surface area contributed by atoms with Crippen molar-refractivity contribution in [3.63, 3.8) is 0 Å². The van der Waals surface area contributed by atoms with Gasteiger partial charge < -0.3 is 10.4 Å². The molecule has 0 saturated carbocycles. The third-order valence-electron chi connectivity index (χ3n) is 1.64. The van der Waals surface area contributed by atoms with E-state index >= 15 is 0 Å². The van der Waals surface area contributed by atoms with Gasteiger partial charge in [0.2, 0.25) is 5.91 Å². The van der Waals surface area contributed by atoms with Crippen LogP contribution >= 0.6 is 0 Å². The summed E-state index contributed by atoms with van der Waals surface area (Å²) in [7, 11) is 1.78. The third-order valence-corrected chi connectivity index (χ3v) is 1.64. The van der Waals surface area contributed by atoms with E-state index in [0.717, 1.165) is 5.46 Å². The number of benzene rings is 1. The van der Waals surface area contributed by atoms with Gasteiger partial charge in [0.15, 0.2) is 0 Å². The standard InChI is InChI=1S/C9H10BNO3/c1-5(12)11-8-3-6(9(13)14)2-7(10)4-8/h2-4H,10H2,1H3,(H,11,12)(H,13,14). The van der Waals surface area contributed by atoms with Gasteiger partial charge >= 0.3 is 5.97 Å². The Morgan fingerprint density at radius 2 is 2.00 bits per heavy atom. The summed E-state index contributed by atoms with van der Waals surface area (Å²) in [4.78, 5) is 21.4. The normalized spacial score (nSPS) is 9.50. The molecule has 5 heteroatoms. The summed E-state index contributed by atoms with van der Waals surface area (Å²) in [5, 5.41) is 11.3. The van der Waals surface area contributed by atoms with Crippen LogP contribution in [0.1, 0.15) is 17.3 Å². The number of anilines is 1. The number of aromatic carboxylic acids is 1. The Bertz CT molecular complexity index is 390. The number of carboxylic acid groups (broad SMARTS) is 1. The highest BCUT2D eigenvalue weighted by Crippen LogP contribution is 2.08. The predicted molar refractivity (Wildman–Crippen MR) is 55.9 cm³/mol. The van der Waals surface area contributed by atoms with Crippen molar-refractivity contribution in [3.05, 3.63) is 23.8 Å². The van der Waals surface area contributed by atoms with Crippen LogP contribution in [0.25, 0.3) is 0 Å². The summed E-state index contributed by atoms with van der Waals surface area (Å²) in [5.41, 5.74) is 1.48. The van der Waals surface area contributed by atoms with Gasteiger partial charge in [0.1, 0.15) is 7.85 Å². The van der Waals surface area contributed by atoms with E-state index in [1.165, 1.54) is 13.0 Å². The minimum absolute atomic E-state index is 0.175. The first kappa shape index (κ1) is 10.3. The number of hydrogen-bond acceptors (Lipinski definition) is 2. The summed E-state index contributed by atoms with van der Waals surface area (Å²) in [6.45, 7) is 1.38. The van der Waals surface area contributed by atoms with E-state index in [1.807, 2.05) is 0 Å². The largest absolute Gasteiger partial charge is 0.478 e. The second kappa shape index (κ2) is 3.96. The molecule has 14 heavy (non-hydrogen) atoms. The molecular formula is C9H10BNO3. The zero-order valence-corrected chi connectivity index (χ0v) is 8.00. The van der Waals surface area contributed by atoms with Crippen LogP contribution in [0.15, 0.2) is 18.2 Å². The lowest BCUT2D eigenvalue weighted by atomic mass is 9.93. The van der Waals surface area contributed by atoms with E-state index in [0.29, 0.717) is 5.69 Å². The number of hydrogen-bond donors (Lipinski definition) is 2. The van der Waals surface area contributed by atoms with Crippen molar-refractivity contribution in [1.29, 1.82) is 0 Å². The van der Waals surface area contributed by atoms with Crippen LogP contribution in [0, 0.1) is 0 Å². The fourth-order valence-electron chi connectivity index (χ4n) is 1.18. The zero-order chi connectivity index (χ0) is 10.7. The molecule has 0 spiro atoms. The van der Waals surface area contributed by atoms with E-state index in [1.54, 1.807) is 20.0 Å². The van der Waals surface area contributed by atoms with Gasteiger partial charge in [0.05, 0.1) is 5.56 Å². The van der Waals surface area contributed by atoms with Crippen molar-refractivity contribution >= 4 is 30.9 Å². The maximum absolute atomic E-state index is 10.7. The average Bonchev–Trinajstić information content (AvgIpc) is 2.01. The molecule has 0 aliphatic heterocycles. The Morgan fingerprint density at radius 1 is 1.36 bits per heavy atom. The van der Waals surface area contributed by atoms with Crippen molar-refractivity contribution in [1.82, 2.24) is 0 Å². The van der Waals surface area contributed by atoms with Crippen LogP contribution in [0.2, 0.25) is 0 Å². The minimum atomic E-state index is -1.000. The van der Waals surface area contributed by atoms with Crippen LogP contribution in [-0.2, 0) is 4.79 Å². The van der Waals surface area contributed by atoms with Crippen LogP contribution < -0.4 is 10.8 Å². The summed E-state index contributed by atoms with van der Waals surface area (Å²) in [6, 6.07) is 4.69. The Kier molecular flexibility index (Phi) is 2.91. The van der Waals surface area contributed by atoms with Gasteiger partial charge in [-0.3, -0.25) is 4.79 Å². The lowest BCUT2D eigenvalue weighted by Crippen LogP contribution is -2.12. The van der Waals surface area contributed by atoms with Gasteiger partial charge in [-0.25, -0.2) is 4.79 Å². The molecular weight excluding hydrogens is 181 g/mol. The summed E-state index contributed by atoms with van der Waals surface area (Å²) >= 11 is 0. The maximum atomic E-state index is 10.7. The van der Waals surface area contributed by atoms with Gasteiger partial charge in [-0.05, 0) is 12.1 Å². The fraction of sp³-hybridized carbons (Fsp3) is 0.111. The number of carboxylic acids is 1. The summed E-state index contributed by atoms with van der Waals surface area (Å²) in [5.74, 6) is -1.22. The fourth-order valence-corrected chi connectivity index (χ4v) is 1.18. The molecule has 0 heterocycles. The molecule has 0 unspecified atom stereocenters. The van der Waals surface area contributed by atoms with Crippen molar-refractivity contribution in [2.24, 2.45) is 0 Å². The number of carbonyl (C=O) groups is 2. The Morgan fingerprint density at radius 3 is 2.50 bits per heavy atom. The summed E-state index contributed by atoms with van der Waals surface area (Å²) in [6.07, 6.45) is 0. The smallest absolute Gasteiger partial charge is 0.335 e. The van der Waals surface area contributed by atoms with Gasteiger partial charge in [-0.15, -0.1) is 0 Å². The molecule has 4 nitrogen and oxygen atoms in total. The second-order valence-corrected chi connectivity index (χ2v) is 3.07. The number of amides is 1. The highest BCUT2D eigenvalue weighted by atomic mass is 16.4. The molecule has 0 radical (unpaired) electrons. The molecule has 1 amide bonds. The average molecular weight is 191 g/mol. The number of rotatable bonds is 2. The van der Waals surface area contributed by atoms with E-state index in [2.05, 4.69) is 5.32 Å². The zero-order valence-electron chi connectivity index (χ0n) is 8.00. The van der Waals surface area contributed by atoms with E-state index in [4.69, 9.17) is 5.11 Å². The predicted octanol–water partition coefficient (Wildman–Crippen LogP) is -0.398. The highest BCUT2D eigenvalue weighted by Gasteiger charge is 2.05. The van der Waals surface area contributed by atoms with Crippen molar-refractivity contribution < 1.29 is 14.7 Å². The van der Waals surface area contributed by atoms with Crippen molar-refractivity contribution in [2.75, 3.05) is 5.32 Å². The molecule has 0 saturated heterocycles. The Labute approximate surface area is 82.3 Å². The molecule has 0 aliphatic carbocycles. The maximum Gasteiger partial charge on any atom is 0.335 e. The van der Waals surface area contributed by atoms with E-state index in [9.17, 15) is 9.59 Å². The molecule has 2 N–H and O–H groups in total. The summed E-state index contributed by atoms with van der Waals surface area (Å²) < 4.78 is 0. The molecule has 1 aromatic carbocycles. The van der Waals surface area contributed by atoms with Crippen LogP contribution in [0.5, 0.6) is 0 Å². The number of carbonyl (C=O) groups excluding carboxylic acids is 1. The van der Waals surface area contributed by atoms with Crippen LogP contribution in [-0.4, -0.2) is 24.8 Å². The molecule has 0 atom stereocenters. The molecule has 0 bridgehead atoms. The molecule has 72 valence electrons. The quantitative estimate of drug-likeness (QED) is 0.625. The van der Waals surface area contributed by atoms with Crippen LogP contribution in [0.3, 0.4) is 0 Å². The first-order valence-corrected chi connectivity index (χ1v) is 4.11. The molecule has 0 aromatic heterocycles. The Hall–Kier alpha value is -1.78. The first-order chi connectivity index (χ1) is 6.49. The van der Waals surface area contributed by atoms with Crippen molar-refractivity contribution in [3.8, 4) is 0 Å². The van der Waals surface area contributed by atoms with Crippen molar-refractivity contribution in [2.45, 2.75) is 6.92 Å². The molecule has 1 aromatic rings. The first-order valence-electron chi connectivity index (χ1n) is 4.11. The second-order valence-electron chi connectivity index (χ2n) is 3.07. The monoisotopic (exact) mass is 191 g/mol. The number of nitrogens with one attached hydrogen (secondary N) is 1. The lowest BCUT2D eigenvalue weighted by Gasteiger charge is -2.04.